The second-order valence-electron chi connectivity index (χ2n) is 4.58. The van der Waals surface area contributed by atoms with Gasteiger partial charge < -0.3 is 4.42 Å². The molecule has 0 aliphatic heterocycles. The van der Waals surface area contributed by atoms with E-state index in [0.717, 1.165) is 0 Å². The number of benzene rings is 2. The van der Waals surface area contributed by atoms with Crippen molar-refractivity contribution in [3.05, 3.63) is 71.0 Å². The number of fused-ring (bicyclic) bond motifs is 1. The molecule has 0 spiro atoms. The number of hydrogen-bond donors (Lipinski definition) is 0. The maximum Gasteiger partial charge on any atom is 0.228 e. The van der Waals surface area contributed by atoms with Crippen LogP contribution in [-0.2, 0) is 0 Å². The number of carbonyl (C=O) groups is 1. The number of rotatable bonds is 2. The minimum absolute atomic E-state index is 0.0688. The van der Waals surface area contributed by atoms with Crippen LogP contribution >= 0.6 is 0 Å². The van der Waals surface area contributed by atoms with E-state index in [-0.39, 0.29) is 11.3 Å². The Morgan fingerprint density at radius 2 is 1.70 bits per heavy atom. The van der Waals surface area contributed by atoms with E-state index in [9.17, 15) is 13.6 Å². The van der Waals surface area contributed by atoms with E-state index in [1.54, 1.807) is 6.92 Å². The zero-order chi connectivity index (χ0) is 14.3. The molecule has 1 aromatic heterocycles. The summed E-state index contributed by atoms with van der Waals surface area (Å²) in [5.41, 5.74) is 1.32. The molecule has 0 unspecified atom stereocenters. The van der Waals surface area contributed by atoms with Crippen molar-refractivity contribution in [3.63, 3.8) is 0 Å². The highest BCUT2D eigenvalue weighted by Gasteiger charge is 2.17. The van der Waals surface area contributed by atoms with Gasteiger partial charge >= 0.3 is 0 Å². The molecular weight excluding hydrogens is 262 g/mol. The number of hydrogen-bond acceptors (Lipinski definition) is 2. The summed E-state index contributed by atoms with van der Waals surface area (Å²) in [6.07, 6.45) is 0. The number of halogens is 2. The summed E-state index contributed by atoms with van der Waals surface area (Å²) in [4.78, 5) is 12.3. The Morgan fingerprint density at radius 1 is 1.00 bits per heavy atom. The summed E-state index contributed by atoms with van der Waals surface area (Å²) in [5, 5.41) is 0.502. The van der Waals surface area contributed by atoms with E-state index in [4.69, 9.17) is 4.42 Å². The number of furan rings is 1. The van der Waals surface area contributed by atoms with E-state index < -0.39 is 17.4 Å². The molecule has 0 fully saturated rings. The van der Waals surface area contributed by atoms with Gasteiger partial charge in [0.05, 0.1) is 0 Å². The van der Waals surface area contributed by atoms with Crippen molar-refractivity contribution >= 4 is 16.8 Å². The van der Waals surface area contributed by atoms with Crippen molar-refractivity contribution in [2.45, 2.75) is 6.92 Å². The third-order valence-electron chi connectivity index (χ3n) is 3.15. The minimum Gasteiger partial charge on any atom is -0.453 e. The second kappa shape index (κ2) is 4.56. The Morgan fingerprint density at radius 3 is 2.50 bits per heavy atom. The van der Waals surface area contributed by atoms with Gasteiger partial charge in [-0.2, -0.15) is 0 Å². The van der Waals surface area contributed by atoms with Gasteiger partial charge in [-0.1, -0.05) is 6.07 Å². The van der Waals surface area contributed by atoms with E-state index in [1.807, 2.05) is 0 Å². The van der Waals surface area contributed by atoms with E-state index in [1.165, 1.54) is 42.5 Å². The van der Waals surface area contributed by atoms with Crippen LogP contribution in [0.3, 0.4) is 0 Å². The molecule has 0 radical (unpaired) electrons. The standard InChI is InChI=1S/C16H10F2O2/c1-9-2-3-12(18)8-13(9)16(19)15-7-10-6-11(17)4-5-14(10)20-15/h2-8H,1H3. The first-order chi connectivity index (χ1) is 9.54. The molecule has 0 aliphatic rings. The van der Waals surface area contributed by atoms with Gasteiger partial charge in [0.25, 0.3) is 0 Å². The molecule has 20 heavy (non-hydrogen) atoms. The first-order valence-corrected chi connectivity index (χ1v) is 6.04. The summed E-state index contributed by atoms with van der Waals surface area (Å²) >= 11 is 0. The van der Waals surface area contributed by atoms with Gasteiger partial charge in [0, 0.05) is 10.9 Å². The molecule has 0 saturated carbocycles. The number of carbonyl (C=O) groups excluding carboxylic acids is 1. The molecule has 4 heteroatoms. The molecule has 100 valence electrons. The zero-order valence-electron chi connectivity index (χ0n) is 10.6. The molecule has 0 amide bonds. The lowest BCUT2D eigenvalue weighted by Gasteiger charge is -2.02. The van der Waals surface area contributed by atoms with Crippen LogP contribution in [0.1, 0.15) is 21.7 Å². The maximum atomic E-state index is 13.2. The van der Waals surface area contributed by atoms with E-state index in [2.05, 4.69) is 0 Å². The maximum absolute atomic E-state index is 13.2. The van der Waals surface area contributed by atoms with Gasteiger partial charge in [0.1, 0.15) is 17.2 Å². The fourth-order valence-electron chi connectivity index (χ4n) is 2.10. The zero-order valence-corrected chi connectivity index (χ0v) is 10.6. The van der Waals surface area contributed by atoms with Crippen molar-refractivity contribution in [2.75, 3.05) is 0 Å². The van der Waals surface area contributed by atoms with Crippen LogP contribution in [-0.4, -0.2) is 5.78 Å². The predicted molar refractivity (Wildman–Crippen MR) is 70.7 cm³/mol. The van der Waals surface area contributed by atoms with Crippen molar-refractivity contribution in [1.29, 1.82) is 0 Å². The lowest BCUT2D eigenvalue weighted by molar-refractivity contribution is 0.101. The summed E-state index contributed by atoms with van der Waals surface area (Å²) in [5.74, 6) is -1.24. The first-order valence-electron chi connectivity index (χ1n) is 6.04. The van der Waals surface area contributed by atoms with Crippen LogP contribution in [0.2, 0.25) is 0 Å². The Bertz CT molecular complexity index is 818. The molecule has 2 nitrogen and oxygen atoms in total. The fourth-order valence-corrected chi connectivity index (χ4v) is 2.10. The van der Waals surface area contributed by atoms with Crippen LogP contribution in [0.5, 0.6) is 0 Å². The van der Waals surface area contributed by atoms with Crippen molar-refractivity contribution < 1.29 is 18.0 Å². The van der Waals surface area contributed by atoms with E-state index in [0.29, 0.717) is 16.5 Å². The highest BCUT2D eigenvalue weighted by atomic mass is 19.1. The van der Waals surface area contributed by atoms with Crippen LogP contribution in [0.4, 0.5) is 8.78 Å². The lowest BCUT2D eigenvalue weighted by atomic mass is 10.0. The van der Waals surface area contributed by atoms with Crippen molar-refractivity contribution in [2.24, 2.45) is 0 Å². The lowest BCUT2D eigenvalue weighted by Crippen LogP contribution is -2.02. The second-order valence-corrected chi connectivity index (χ2v) is 4.58. The Hall–Kier alpha value is -2.49. The molecule has 0 bridgehead atoms. The first kappa shape index (κ1) is 12.5. The molecule has 0 N–H and O–H groups in total. The van der Waals surface area contributed by atoms with Gasteiger partial charge in [0.2, 0.25) is 5.78 Å². The summed E-state index contributed by atoms with van der Waals surface area (Å²) in [6.45, 7) is 1.72. The molecule has 0 atom stereocenters. The number of aryl methyl sites for hydroxylation is 1. The molecule has 2 aromatic carbocycles. The summed E-state index contributed by atoms with van der Waals surface area (Å²) in [7, 11) is 0. The SMILES string of the molecule is Cc1ccc(F)cc1C(=O)c1cc2cc(F)ccc2o1. The van der Waals surface area contributed by atoms with Gasteiger partial charge in [-0.3, -0.25) is 4.79 Å². The summed E-state index contributed by atoms with van der Waals surface area (Å²) < 4.78 is 31.8. The molecule has 0 saturated heterocycles. The summed E-state index contributed by atoms with van der Waals surface area (Å²) in [6, 6.07) is 9.46. The molecule has 1 heterocycles. The van der Waals surface area contributed by atoms with E-state index >= 15 is 0 Å². The third kappa shape index (κ3) is 2.09. The van der Waals surface area contributed by atoms with Crippen molar-refractivity contribution in [3.8, 4) is 0 Å². The Balaban J connectivity index is 2.10. The van der Waals surface area contributed by atoms with Gasteiger partial charge in [-0.05, 0) is 48.9 Å². The average molecular weight is 272 g/mol. The van der Waals surface area contributed by atoms with Crippen LogP contribution in [0.25, 0.3) is 11.0 Å². The van der Waals surface area contributed by atoms with Gasteiger partial charge in [0.15, 0.2) is 5.76 Å². The molecular formula is C16H10F2O2. The minimum atomic E-state index is -0.485. The smallest absolute Gasteiger partial charge is 0.228 e. The fraction of sp³-hybridized carbons (Fsp3) is 0.0625. The largest absolute Gasteiger partial charge is 0.453 e. The molecule has 3 aromatic rings. The highest BCUT2D eigenvalue weighted by molar-refractivity contribution is 6.09. The topological polar surface area (TPSA) is 30.2 Å². The molecule has 0 aliphatic carbocycles. The van der Waals surface area contributed by atoms with Gasteiger partial charge in [-0.15, -0.1) is 0 Å². The predicted octanol–water partition coefficient (Wildman–Crippen LogP) is 4.25. The normalized spacial score (nSPS) is 10.9. The van der Waals surface area contributed by atoms with Crippen LogP contribution in [0, 0.1) is 18.6 Å². The quantitative estimate of drug-likeness (QED) is 0.653. The van der Waals surface area contributed by atoms with Crippen LogP contribution in [0.15, 0.2) is 46.9 Å². The molecule has 3 rings (SSSR count). The van der Waals surface area contributed by atoms with Crippen molar-refractivity contribution in [1.82, 2.24) is 0 Å². The average Bonchev–Trinajstić information content (AvgIpc) is 2.83. The number of ketones is 1. The Kier molecular flexibility index (Phi) is 2.86. The Labute approximate surface area is 113 Å². The highest BCUT2D eigenvalue weighted by Crippen LogP contribution is 2.23. The van der Waals surface area contributed by atoms with Gasteiger partial charge in [-0.25, -0.2) is 8.78 Å². The van der Waals surface area contributed by atoms with Crippen LogP contribution < -0.4 is 0 Å². The third-order valence-corrected chi connectivity index (χ3v) is 3.15. The monoisotopic (exact) mass is 272 g/mol.